The molecule has 0 bridgehead atoms. The van der Waals surface area contributed by atoms with Crippen molar-refractivity contribution in [3.05, 3.63) is 58.4 Å². The topological polar surface area (TPSA) is 0 Å². The van der Waals surface area contributed by atoms with Crippen molar-refractivity contribution in [2.75, 3.05) is 6.26 Å². The first-order valence-corrected chi connectivity index (χ1v) is 10.8. The van der Waals surface area contributed by atoms with Crippen molar-refractivity contribution in [2.24, 2.45) is 5.92 Å². The van der Waals surface area contributed by atoms with E-state index < -0.39 is 22.1 Å². The van der Waals surface area contributed by atoms with E-state index in [0.717, 1.165) is 30.6 Å². The first-order valence-electron chi connectivity index (χ1n) is 8.67. The van der Waals surface area contributed by atoms with Crippen molar-refractivity contribution >= 4 is 10.0 Å². The minimum atomic E-state index is -4.14. The third kappa shape index (κ3) is 3.44. The first kappa shape index (κ1) is 17.7. The fraction of sp³-hybridized carbons (Fsp3) is 0.500. The van der Waals surface area contributed by atoms with Crippen molar-refractivity contribution in [1.82, 2.24) is 0 Å². The van der Waals surface area contributed by atoms with E-state index in [4.69, 9.17) is 0 Å². The lowest BCUT2D eigenvalue weighted by Crippen LogP contribution is -2.25. The molecule has 0 radical (unpaired) electrons. The van der Waals surface area contributed by atoms with Gasteiger partial charge < -0.3 is 0 Å². The SMILES string of the molecule is CS(C1=CCC(C(F)(F)F)C=C1)(C1=CC=CCC1)C1C=CCCC1. The molecule has 0 fully saturated rings. The Kier molecular flexibility index (Phi) is 5.14. The minimum absolute atomic E-state index is 0.0808. The molecular weight excluding hydrogens is 329 g/mol. The van der Waals surface area contributed by atoms with Crippen molar-refractivity contribution < 1.29 is 13.2 Å². The molecule has 0 heterocycles. The summed E-state index contributed by atoms with van der Waals surface area (Å²) in [6.07, 6.45) is 19.9. The van der Waals surface area contributed by atoms with Gasteiger partial charge in [0.15, 0.2) is 0 Å². The maximum atomic E-state index is 13.0. The molecule has 4 heteroatoms. The van der Waals surface area contributed by atoms with E-state index >= 15 is 0 Å². The lowest BCUT2D eigenvalue weighted by Gasteiger charge is -2.48. The second kappa shape index (κ2) is 6.99. The number of hydrogen-bond donors (Lipinski definition) is 0. The molecule has 0 aliphatic heterocycles. The highest BCUT2D eigenvalue weighted by atomic mass is 32.3. The largest absolute Gasteiger partial charge is 0.395 e. The molecular formula is C20H25F3S. The molecule has 0 saturated heterocycles. The highest BCUT2D eigenvalue weighted by Crippen LogP contribution is 2.67. The van der Waals surface area contributed by atoms with E-state index in [1.54, 1.807) is 6.08 Å². The quantitative estimate of drug-likeness (QED) is 0.490. The van der Waals surface area contributed by atoms with E-state index in [2.05, 4.69) is 36.6 Å². The Morgan fingerprint density at radius 3 is 2.50 bits per heavy atom. The molecule has 132 valence electrons. The van der Waals surface area contributed by atoms with Gasteiger partial charge >= 0.3 is 6.18 Å². The average Bonchev–Trinajstić information content (AvgIpc) is 2.62. The van der Waals surface area contributed by atoms with Crippen LogP contribution in [0, 0.1) is 5.92 Å². The van der Waals surface area contributed by atoms with Gasteiger partial charge in [-0.15, -0.1) is 0 Å². The normalized spacial score (nSPS) is 31.2. The molecule has 3 unspecified atom stereocenters. The molecule has 0 saturated carbocycles. The summed E-state index contributed by atoms with van der Waals surface area (Å²) in [5.74, 6) is -1.33. The Balaban J connectivity index is 1.94. The van der Waals surface area contributed by atoms with Gasteiger partial charge in [0.25, 0.3) is 0 Å². The number of allylic oxidation sites excluding steroid dienone is 8. The van der Waals surface area contributed by atoms with E-state index in [0.29, 0.717) is 5.25 Å². The summed E-state index contributed by atoms with van der Waals surface area (Å²) in [5.41, 5.74) is 0. The van der Waals surface area contributed by atoms with Crippen molar-refractivity contribution in [1.29, 1.82) is 0 Å². The monoisotopic (exact) mass is 354 g/mol. The summed E-state index contributed by atoms with van der Waals surface area (Å²) in [6, 6.07) is 0. The van der Waals surface area contributed by atoms with Gasteiger partial charge in [-0.1, -0.05) is 48.6 Å². The van der Waals surface area contributed by atoms with E-state index in [1.165, 1.54) is 17.4 Å². The Labute approximate surface area is 144 Å². The average molecular weight is 354 g/mol. The summed E-state index contributed by atoms with van der Waals surface area (Å²) < 4.78 is 38.9. The van der Waals surface area contributed by atoms with Crippen LogP contribution in [0.25, 0.3) is 0 Å². The number of alkyl halides is 3. The Hall–Kier alpha value is -1.16. The predicted molar refractivity (Wildman–Crippen MR) is 98.1 cm³/mol. The highest BCUT2D eigenvalue weighted by molar-refractivity contribution is 8.40. The van der Waals surface area contributed by atoms with Crippen LogP contribution in [0.3, 0.4) is 0 Å². The predicted octanol–water partition coefficient (Wildman–Crippen LogP) is 6.79. The number of halogens is 3. The first-order chi connectivity index (χ1) is 11.4. The third-order valence-corrected chi connectivity index (χ3v) is 9.63. The maximum absolute atomic E-state index is 13.0. The zero-order chi connectivity index (χ0) is 17.2. The zero-order valence-electron chi connectivity index (χ0n) is 14.1. The fourth-order valence-corrected chi connectivity index (χ4v) is 7.60. The summed E-state index contributed by atoms with van der Waals surface area (Å²) in [6.45, 7) is 0. The second-order valence-corrected chi connectivity index (χ2v) is 10.4. The van der Waals surface area contributed by atoms with Gasteiger partial charge in [0, 0.05) is 5.25 Å². The van der Waals surface area contributed by atoms with Gasteiger partial charge in [-0.2, -0.15) is 23.2 Å². The van der Waals surface area contributed by atoms with E-state index in [1.807, 2.05) is 6.08 Å². The van der Waals surface area contributed by atoms with Gasteiger partial charge in [-0.25, -0.2) is 0 Å². The van der Waals surface area contributed by atoms with Crippen LogP contribution in [0.5, 0.6) is 0 Å². The molecule has 3 aliphatic rings. The Bertz CT molecular complexity index is 621. The van der Waals surface area contributed by atoms with Gasteiger partial charge in [0.1, 0.15) is 0 Å². The highest BCUT2D eigenvalue weighted by Gasteiger charge is 2.40. The van der Waals surface area contributed by atoms with E-state index in [9.17, 15) is 13.2 Å². The van der Waals surface area contributed by atoms with Crippen LogP contribution in [0.15, 0.2) is 58.4 Å². The van der Waals surface area contributed by atoms with Crippen LogP contribution in [0.2, 0.25) is 0 Å². The molecule has 24 heavy (non-hydrogen) atoms. The van der Waals surface area contributed by atoms with Crippen molar-refractivity contribution in [2.45, 2.75) is 50.0 Å². The van der Waals surface area contributed by atoms with Crippen LogP contribution in [-0.4, -0.2) is 17.7 Å². The summed E-state index contributed by atoms with van der Waals surface area (Å²) in [4.78, 5) is 2.57. The molecule has 0 N–H and O–H groups in total. The van der Waals surface area contributed by atoms with Crippen LogP contribution < -0.4 is 0 Å². The molecule has 3 rings (SSSR count). The standard InChI is InChI=1S/C20H25F3S/c1-24(17-8-4-2-5-9-17,18-10-6-3-7-11-18)19-14-12-16(13-15-19)20(21,22)23/h2,4,6,8,10,12,14-16,18H,3,5,7,9,11,13H2,1H3. The summed E-state index contributed by atoms with van der Waals surface area (Å²) in [7, 11) is -1.28. The van der Waals surface area contributed by atoms with Crippen LogP contribution >= 0.6 is 10.0 Å². The molecule has 0 aromatic heterocycles. The number of hydrogen-bond acceptors (Lipinski definition) is 0. The van der Waals surface area contributed by atoms with Gasteiger partial charge in [0.2, 0.25) is 0 Å². The minimum Gasteiger partial charge on any atom is -0.188 e. The second-order valence-electron chi connectivity index (χ2n) is 6.83. The van der Waals surface area contributed by atoms with Crippen LogP contribution in [0.1, 0.15) is 38.5 Å². The molecule has 0 aromatic carbocycles. The maximum Gasteiger partial charge on any atom is 0.395 e. The molecule has 0 nitrogen and oxygen atoms in total. The summed E-state index contributed by atoms with van der Waals surface area (Å²) in [5, 5.41) is 0.447. The molecule has 0 amide bonds. The zero-order valence-corrected chi connectivity index (χ0v) is 14.9. The van der Waals surface area contributed by atoms with Gasteiger partial charge in [-0.3, -0.25) is 0 Å². The smallest absolute Gasteiger partial charge is 0.188 e. The fourth-order valence-electron chi connectivity index (χ4n) is 3.79. The molecule has 0 spiro atoms. The van der Waals surface area contributed by atoms with E-state index in [-0.39, 0.29) is 6.42 Å². The third-order valence-electron chi connectivity index (χ3n) is 5.31. The Morgan fingerprint density at radius 2 is 1.96 bits per heavy atom. The van der Waals surface area contributed by atoms with Crippen molar-refractivity contribution in [3.63, 3.8) is 0 Å². The molecule has 3 aliphatic carbocycles. The Morgan fingerprint density at radius 1 is 1.12 bits per heavy atom. The van der Waals surface area contributed by atoms with Gasteiger partial charge in [0.05, 0.1) is 5.92 Å². The molecule has 3 atom stereocenters. The lowest BCUT2D eigenvalue weighted by molar-refractivity contribution is -0.160. The van der Waals surface area contributed by atoms with Crippen molar-refractivity contribution in [3.8, 4) is 0 Å². The van der Waals surface area contributed by atoms with Gasteiger partial charge in [-0.05, 0) is 54.6 Å². The number of rotatable bonds is 3. The summed E-state index contributed by atoms with van der Waals surface area (Å²) >= 11 is 0. The molecule has 0 aromatic rings. The lowest BCUT2D eigenvalue weighted by atomic mass is 10.0. The van der Waals surface area contributed by atoms with Crippen LogP contribution in [-0.2, 0) is 0 Å². The van der Waals surface area contributed by atoms with Crippen LogP contribution in [0.4, 0.5) is 13.2 Å².